The van der Waals surface area contributed by atoms with Gasteiger partial charge in [0.1, 0.15) is 24.0 Å². The maximum absolute atomic E-state index is 12.2. The van der Waals surface area contributed by atoms with E-state index in [-0.39, 0.29) is 73.2 Å². The minimum atomic E-state index is -0.890. The molecule has 0 heterocycles. The van der Waals surface area contributed by atoms with Gasteiger partial charge in [-0.15, -0.1) is 0 Å². The summed E-state index contributed by atoms with van der Waals surface area (Å²) in [7, 11) is 3.26. The number of unbranched alkanes of at least 4 members (excludes halogenated alkanes) is 23. The number of Topliss-reactive ketones (excluding diaryl/α,β-unsaturated/α-hetero) is 1. The van der Waals surface area contributed by atoms with Crippen molar-refractivity contribution >= 4 is 42.2 Å². The second-order valence-electron chi connectivity index (χ2n) is 22.3. The molecule has 13 heteroatoms. The van der Waals surface area contributed by atoms with Crippen LogP contribution in [0, 0.1) is 23.7 Å². The summed E-state index contributed by atoms with van der Waals surface area (Å²) in [5.74, 6) is -1.50. The Balaban J connectivity index is -0.000000144. The first-order chi connectivity index (χ1) is 39.2. The van der Waals surface area contributed by atoms with Crippen LogP contribution in [0.25, 0.3) is 0 Å². The molecule has 0 amide bonds. The summed E-state index contributed by atoms with van der Waals surface area (Å²) < 4.78 is 25.3. The molecule has 3 unspecified atom stereocenters. The molecule has 1 N–H and O–H groups in total. The van der Waals surface area contributed by atoms with Crippen LogP contribution in [-0.2, 0) is 57.2 Å². The number of carboxylic acid groups (broad SMARTS) is 1. The predicted octanol–water partition coefficient (Wildman–Crippen LogP) is 19.7. The van der Waals surface area contributed by atoms with E-state index in [1.165, 1.54) is 162 Å². The molecule has 0 saturated carbocycles. The number of hydrogen-bond acceptors (Lipinski definition) is 12. The SMILES string of the molecule is CC.CC.CC(=O)OC(C)(C)C.CCCCCCCCC.CCCCCCCCC=O.CCCCCCCCOC.CCCCCCCCOC(=O)CC(CC=O)CC(=O)OCC(CCCC)C(C)C.COCC(CC(C)=O)CC(=O)O. The van der Waals surface area contributed by atoms with Gasteiger partial charge in [0.25, 0.3) is 0 Å². The molecule has 494 valence electrons. The number of aliphatic carboxylic acids is 1. The van der Waals surface area contributed by atoms with Gasteiger partial charge in [-0.05, 0) is 77.0 Å². The standard InChI is InChI=1S/C24H44O5.C9H20O.C9H18O.C9H20.C8H14O4.C6H12O2.2C2H6/c1-5-7-9-10-11-12-16-28-23(26)17-21(14-15-25)18-24(27)29-19-22(20(3)4)13-8-6-2;1-3-4-5-6-7-8-9-10-2;1-2-3-4-5-6-7-8-9-10;1-3-5-7-9-8-6-4-2;1-6(9)3-7(5-12-2)4-8(10)11;1-5(7)8-6(2,3)4;2*1-2/h15,20-22H,5-14,16-19H2,1-4H3;3-9H2,1-2H3;9H,2-8H2,1H3;3-9H2,1-2H3;7H,3-5H2,1-2H3,(H,10,11);1-4H3;2*1-2H3. The van der Waals surface area contributed by atoms with Crippen LogP contribution in [0.3, 0.4) is 0 Å². The highest BCUT2D eigenvalue weighted by atomic mass is 16.6. The third-order valence-corrected chi connectivity index (χ3v) is 12.4. The summed E-state index contributed by atoms with van der Waals surface area (Å²) >= 11 is 0. The summed E-state index contributed by atoms with van der Waals surface area (Å²) in [5, 5.41) is 8.46. The molecule has 0 saturated heterocycles. The number of carbonyl (C=O) groups excluding carboxylic acids is 6. The third kappa shape index (κ3) is 102. The zero-order valence-electron chi connectivity index (χ0n) is 57.7. The molecular weight excluding hydrogens is 1040 g/mol. The van der Waals surface area contributed by atoms with Crippen LogP contribution in [0.4, 0.5) is 0 Å². The lowest BCUT2D eigenvalue weighted by Crippen LogP contribution is -2.22. The minimum absolute atomic E-state index is 0.00157. The monoisotopic (exact) mass is 1180 g/mol. The molecule has 0 bridgehead atoms. The van der Waals surface area contributed by atoms with Gasteiger partial charge in [0.15, 0.2) is 0 Å². The fraction of sp³-hybridized carbons (Fsp3) is 0.899. The Hall–Kier alpha value is -3.19. The molecule has 0 radical (unpaired) electrons. The number of methoxy groups -OCH3 is 2. The Morgan fingerprint density at radius 1 is 0.463 bits per heavy atom. The molecule has 0 aromatic carbocycles. The highest BCUT2D eigenvalue weighted by Crippen LogP contribution is 2.21. The van der Waals surface area contributed by atoms with E-state index in [1.54, 1.807) is 7.11 Å². The summed E-state index contributed by atoms with van der Waals surface area (Å²) in [4.78, 5) is 76.3. The van der Waals surface area contributed by atoms with Crippen LogP contribution >= 0.6 is 0 Å². The Morgan fingerprint density at radius 2 is 0.854 bits per heavy atom. The van der Waals surface area contributed by atoms with E-state index in [4.69, 9.17) is 28.8 Å². The Bertz CT molecular complexity index is 1270. The van der Waals surface area contributed by atoms with E-state index in [9.17, 15) is 33.6 Å². The maximum atomic E-state index is 12.2. The van der Waals surface area contributed by atoms with Gasteiger partial charge >= 0.3 is 23.9 Å². The topological polar surface area (TPSA) is 186 Å². The number of carbonyl (C=O) groups is 7. The Kier molecular flexibility index (Phi) is 95.2. The summed E-state index contributed by atoms with van der Waals surface area (Å²) in [6.07, 6.45) is 38.9. The fourth-order valence-electron chi connectivity index (χ4n) is 7.88. The van der Waals surface area contributed by atoms with Gasteiger partial charge in [-0.25, -0.2) is 0 Å². The van der Waals surface area contributed by atoms with E-state index in [1.807, 2.05) is 48.5 Å². The zero-order valence-corrected chi connectivity index (χ0v) is 57.7. The van der Waals surface area contributed by atoms with Crippen LogP contribution in [-0.4, -0.2) is 93.6 Å². The van der Waals surface area contributed by atoms with Gasteiger partial charge in [0, 0.05) is 66.5 Å². The molecule has 0 fully saturated rings. The van der Waals surface area contributed by atoms with Crippen LogP contribution in [0.15, 0.2) is 0 Å². The average Bonchev–Trinajstić information content (AvgIpc) is 3.41. The number of aldehydes is 2. The van der Waals surface area contributed by atoms with E-state index in [0.29, 0.717) is 31.7 Å². The minimum Gasteiger partial charge on any atom is -0.481 e. The largest absolute Gasteiger partial charge is 0.481 e. The number of hydrogen-bond donors (Lipinski definition) is 1. The molecule has 0 aliphatic carbocycles. The predicted molar refractivity (Wildman–Crippen MR) is 347 cm³/mol. The van der Waals surface area contributed by atoms with E-state index in [0.717, 1.165) is 64.1 Å². The van der Waals surface area contributed by atoms with Gasteiger partial charge in [-0.3, -0.25) is 19.2 Å². The van der Waals surface area contributed by atoms with Crippen molar-refractivity contribution in [1.82, 2.24) is 0 Å². The van der Waals surface area contributed by atoms with Gasteiger partial charge < -0.3 is 43.2 Å². The van der Waals surface area contributed by atoms with E-state index in [2.05, 4.69) is 55.4 Å². The van der Waals surface area contributed by atoms with E-state index < -0.39 is 5.97 Å². The van der Waals surface area contributed by atoms with Gasteiger partial charge in [0.05, 0.1) is 19.6 Å². The second-order valence-corrected chi connectivity index (χ2v) is 22.3. The molecule has 82 heavy (non-hydrogen) atoms. The summed E-state index contributed by atoms with van der Waals surface area (Å²) in [6.45, 7) is 36.1. The molecule has 3 atom stereocenters. The van der Waals surface area contributed by atoms with Gasteiger partial charge in [-0.2, -0.15) is 0 Å². The molecule has 0 rings (SSSR count). The molecule has 0 spiro atoms. The number of ketones is 1. The Morgan fingerprint density at radius 3 is 1.17 bits per heavy atom. The summed E-state index contributed by atoms with van der Waals surface area (Å²) in [5.41, 5.74) is -0.328. The van der Waals surface area contributed by atoms with Gasteiger partial charge in [-0.1, -0.05) is 237 Å². The first-order valence-electron chi connectivity index (χ1n) is 33.2. The van der Waals surface area contributed by atoms with Crippen molar-refractivity contribution < 1.29 is 62.4 Å². The van der Waals surface area contributed by atoms with Crippen LogP contribution in [0.1, 0.15) is 336 Å². The normalized spacial score (nSPS) is 11.2. The first kappa shape index (κ1) is 95.2. The smallest absolute Gasteiger partial charge is 0.306 e. The van der Waals surface area contributed by atoms with Crippen molar-refractivity contribution in [1.29, 1.82) is 0 Å². The first-order valence-corrected chi connectivity index (χ1v) is 33.2. The highest BCUT2D eigenvalue weighted by Gasteiger charge is 2.22. The number of ether oxygens (including phenoxy) is 5. The number of esters is 3. The lowest BCUT2D eigenvalue weighted by Gasteiger charge is -2.21. The fourth-order valence-corrected chi connectivity index (χ4v) is 7.88. The Labute approximate surface area is 508 Å². The molecule has 0 aromatic rings. The number of carboxylic acids is 1. The lowest BCUT2D eigenvalue weighted by molar-refractivity contribution is -0.152. The second kappa shape index (κ2) is 82.0. The quantitative estimate of drug-likeness (QED) is 0.0263. The van der Waals surface area contributed by atoms with Crippen molar-refractivity contribution in [2.45, 2.75) is 342 Å². The van der Waals surface area contributed by atoms with Crippen molar-refractivity contribution in [2.24, 2.45) is 23.7 Å². The molecule has 13 nitrogen and oxygen atoms in total. The average molecular weight is 1180 g/mol. The number of rotatable bonds is 45. The van der Waals surface area contributed by atoms with Crippen LogP contribution < -0.4 is 0 Å². The van der Waals surface area contributed by atoms with Crippen LogP contribution in [0.2, 0.25) is 0 Å². The molecule has 0 aliphatic rings. The van der Waals surface area contributed by atoms with Crippen molar-refractivity contribution in [3.05, 3.63) is 0 Å². The lowest BCUT2D eigenvalue weighted by atomic mass is 9.91. The molecular formula is C69H140O13. The van der Waals surface area contributed by atoms with Crippen molar-refractivity contribution in [2.75, 3.05) is 40.6 Å². The zero-order chi connectivity index (χ0) is 64.5. The highest BCUT2D eigenvalue weighted by molar-refractivity contribution is 5.77. The van der Waals surface area contributed by atoms with E-state index >= 15 is 0 Å². The van der Waals surface area contributed by atoms with Crippen LogP contribution in [0.5, 0.6) is 0 Å². The maximum Gasteiger partial charge on any atom is 0.306 e. The van der Waals surface area contributed by atoms with Crippen molar-refractivity contribution in [3.63, 3.8) is 0 Å². The molecule has 0 aromatic heterocycles. The van der Waals surface area contributed by atoms with Crippen molar-refractivity contribution in [3.8, 4) is 0 Å². The van der Waals surface area contributed by atoms with Gasteiger partial charge in [0.2, 0.25) is 0 Å². The third-order valence-electron chi connectivity index (χ3n) is 12.4. The summed E-state index contributed by atoms with van der Waals surface area (Å²) in [6, 6.07) is 0. The molecule has 0 aliphatic heterocycles.